The molecule has 1 heterocycles. The van der Waals surface area contributed by atoms with Gasteiger partial charge in [-0.15, -0.1) is 0 Å². The average molecular weight is 432 g/mol. The molecule has 0 aliphatic heterocycles. The predicted molar refractivity (Wildman–Crippen MR) is 99.7 cm³/mol. The summed E-state index contributed by atoms with van der Waals surface area (Å²) in [6.07, 6.45) is -4.34. The van der Waals surface area contributed by atoms with E-state index in [1.807, 2.05) is 19.2 Å². The van der Waals surface area contributed by atoms with E-state index >= 15 is 0 Å². The van der Waals surface area contributed by atoms with Crippen LogP contribution >= 0.6 is 0 Å². The Labute approximate surface area is 168 Å². The highest BCUT2D eigenvalue weighted by molar-refractivity contribution is 5.92. The number of nitrogens with zero attached hydrogens (tertiary/aromatic N) is 1. The zero-order chi connectivity index (χ0) is 23.1. The summed E-state index contributed by atoms with van der Waals surface area (Å²) in [5.74, 6) is -3.58. The summed E-state index contributed by atoms with van der Waals surface area (Å²) < 4.78 is 51.8. The second kappa shape index (κ2) is 10.5. The SMILES string of the molecule is CC.O=C(O)CC(NC(=O)Cn1ccc2ccc(C(F)(F)F)cc2c1=O)C(=O)CF. The van der Waals surface area contributed by atoms with Crippen LogP contribution in [0.4, 0.5) is 17.6 Å². The van der Waals surface area contributed by atoms with Crippen molar-refractivity contribution in [1.82, 2.24) is 9.88 Å². The van der Waals surface area contributed by atoms with Crippen LogP contribution in [0, 0.1) is 0 Å². The Morgan fingerprint density at radius 3 is 2.33 bits per heavy atom. The van der Waals surface area contributed by atoms with Gasteiger partial charge >= 0.3 is 12.1 Å². The molecule has 2 rings (SSSR count). The number of aliphatic carboxylic acids is 1. The van der Waals surface area contributed by atoms with Gasteiger partial charge in [0.05, 0.1) is 12.0 Å². The number of amides is 1. The number of carboxylic acid groups (broad SMARTS) is 1. The normalized spacial score (nSPS) is 11.9. The van der Waals surface area contributed by atoms with E-state index < -0.39 is 60.6 Å². The summed E-state index contributed by atoms with van der Waals surface area (Å²) in [5.41, 5.74) is -1.92. The second-order valence-electron chi connectivity index (χ2n) is 5.87. The molecule has 0 bridgehead atoms. The molecule has 7 nitrogen and oxygen atoms in total. The van der Waals surface area contributed by atoms with Crippen LogP contribution in [0.2, 0.25) is 0 Å². The van der Waals surface area contributed by atoms with Crippen molar-refractivity contribution in [2.75, 3.05) is 6.67 Å². The van der Waals surface area contributed by atoms with Crippen molar-refractivity contribution in [3.05, 3.63) is 46.4 Å². The number of carbonyl (C=O) groups is 3. The zero-order valence-electron chi connectivity index (χ0n) is 16.1. The van der Waals surface area contributed by atoms with E-state index in [1.54, 1.807) is 0 Å². The Morgan fingerprint density at radius 2 is 1.80 bits per heavy atom. The molecule has 0 fully saturated rings. The molecule has 0 aliphatic carbocycles. The van der Waals surface area contributed by atoms with Gasteiger partial charge in [0.2, 0.25) is 5.91 Å². The number of ketones is 1. The van der Waals surface area contributed by atoms with Crippen molar-refractivity contribution in [3.63, 3.8) is 0 Å². The van der Waals surface area contributed by atoms with E-state index in [9.17, 15) is 36.7 Å². The van der Waals surface area contributed by atoms with Gasteiger partial charge < -0.3 is 15.0 Å². The number of alkyl halides is 4. The van der Waals surface area contributed by atoms with Gasteiger partial charge in [0.1, 0.15) is 19.3 Å². The number of Topliss-reactive ketones (excluding diaryl/α,β-unsaturated/α-hetero) is 1. The molecule has 2 aromatic rings. The number of pyridine rings is 1. The lowest BCUT2D eigenvalue weighted by molar-refractivity contribution is -0.140. The smallest absolute Gasteiger partial charge is 0.416 e. The number of fused-ring (bicyclic) bond motifs is 1. The van der Waals surface area contributed by atoms with Gasteiger partial charge in [0.15, 0.2) is 5.78 Å². The molecule has 1 atom stereocenters. The molecule has 1 aromatic heterocycles. The minimum atomic E-state index is -4.66. The van der Waals surface area contributed by atoms with Gasteiger partial charge in [-0.05, 0) is 23.6 Å². The topological polar surface area (TPSA) is 105 Å². The third kappa shape index (κ3) is 6.39. The highest BCUT2D eigenvalue weighted by Crippen LogP contribution is 2.30. The fourth-order valence-electron chi connectivity index (χ4n) is 2.49. The van der Waals surface area contributed by atoms with Crippen LogP contribution < -0.4 is 10.9 Å². The van der Waals surface area contributed by atoms with Crippen molar-refractivity contribution in [3.8, 4) is 0 Å². The van der Waals surface area contributed by atoms with E-state index in [0.29, 0.717) is 6.07 Å². The van der Waals surface area contributed by atoms with Crippen molar-refractivity contribution in [2.45, 2.75) is 39.0 Å². The van der Waals surface area contributed by atoms with Gasteiger partial charge in [-0.1, -0.05) is 19.9 Å². The summed E-state index contributed by atoms with van der Waals surface area (Å²) in [6.45, 7) is 1.81. The second-order valence-corrected chi connectivity index (χ2v) is 5.87. The molecule has 11 heteroatoms. The minimum absolute atomic E-state index is 0.228. The first kappa shape index (κ1) is 24.8. The summed E-state index contributed by atoms with van der Waals surface area (Å²) in [5, 5.41) is 10.7. The average Bonchev–Trinajstić information content (AvgIpc) is 2.69. The number of hydrogen-bond acceptors (Lipinski definition) is 4. The first-order valence-corrected chi connectivity index (χ1v) is 8.83. The number of nitrogens with one attached hydrogen (secondary N) is 1. The number of carbonyl (C=O) groups excluding carboxylic acids is 2. The quantitative estimate of drug-likeness (QED) is 0.655. The molecular formula is C19H20F4N2O5. The third-order valence-electron chi connectivity index (χ3n) is 3.85. The molecule has 0 spiro atoms. The van der Waals surface area contributed by atoms with Crippen LogP contribution in [0.1, 0.15) is 25.8 Å². The summed E-state index contributed by atoms with van der Waals surface area (Å²) in [4.78, 5) is 46.5. The standard InChI is InChI=1S/C17H14F4N2O5.C2H6/c18-7-13(24)12(6-15(26)27)22-14(25)8-23-4-3-9-1-2-10(17(19,20)21)5-11(9)16(23)28;1-2/h1-5,12H,6-8H2,(H,22,25)(H,26,27);1-2H3. The highest BCUT2D eigenvalue weighted by Gasteiger charge is 2.30. The van der Waals surface area contributed by atoms with Crippen LogP contribution in [0.15, 0.2) is 35.3 Å². The molecular weight excluding hydrogens is 412 g/mol. The Hall–Kier alpha value is -3.24. The molecule has 1 unspecified atom stereocenters. The lowest BCUT2D eigenvalue weighted by Crippen LogP contribution is -2.45. The third-order valence-corrected chi connectivity index (χ3v) is 3.85. The van der Waals surface area contributed by atoms with Crippen molar-refractivity contribution < 1.29 is 37.1 Å². The summed E-state index contributed by atoms with van der Waals surface area (Å²) in [6, 6.07) is 2.30. The first-order chi connectivity index (χ1) is 14.0. The van der Waals surface area contributed by atoms with E-state index in [2.05, 4.69) is 0 Å². The fraction of sp³-hybridized carbons (Fsp3) is 0.368. The minimum Gasteiger partial charge on any atom is -0.481 e. The fourth-order valence-corrected chi connectivity index (χ4v) is 2.49. The van der Waals surface area contributed by atoms with Crippen LogP contribution in [-0.2, 0) is 27.1 Å². The molecule has 2 N–H and O–H groups in total. The van der Waals surface area contributed by atoms with Gasteiger partial charge in [0.25, 0.3) is 5.56 Å². The lowest BCUT2D eigenvalue weighted by atomic mass is 10.1. The zero-order valence-corrected chi connectivity index (χ0v) is 16.1. The Morgan fingerprint density at radius 1 is 1.17 bits per heavy atom. The van der Waals surface area contributed by atoms with Crippen molar-refractivity contribution in [2.24, 2.45) is 0 Å². The molecule has 1 amide bonds. The van der Waals surface area contributed by atoms with Crippen molar-refractivity contribution in [1.29, 1.82) is 0 Å². The molecule has 0 aliphatic rings. The number of halogens is 4. The van der Waals surface area contributed by atoms with Gasteiger partial charge in [0, 0.05) is 11.6 Å². The van der Waals surface area contributed by atoms with Gasteiger partial charge in [-0.2, -0.15) is 13.2 Å². The predicted octanol–water partition coefficient (Wildman–Crippen LogP) is 2.54. The lowest BCUT2D eigenvalue weighted by Gasteiger charge is -2.15. The van der Waals surface area contributed by atoms with Crippen LogP contribution in [0.3, 0.4) is 0 Å². The maximum absolute atomic E-state index is 12.8. The Balaban J connectivity index is 0.00000218. The number of carboxylic acids is 1. The molecule has 164 valence electrons. The van der Waals surface area contributed by atoms with E-state index in [1.165, 1.54) is 12.3 Å². The first-order valence-electron chi connectivity index (χ1n) is 8.83. The monoisotopic (exact) mass is 432 g/mol. The van der Waals surface area contributed by atoms with Crippen LogP contribution in [0.5, 0.6) is 0 Å². The van der Waals surface area contributed by atoms with Gasteiger partial charge in [-0.3, -0.25) is 19.2 Å². The highest BCUT2D eigenvalue weighted by atomic mass is 19.4. The Bertz CT molecular complexity index is 985. The van der Waals surface area contributed by atoms with Gasteiger partial charge in [-0.25, -0.2) is 4.39 Å². The van der Waals surface area contributed by atoms with Crippen LogP contribution in [0.25, 0.3) is 10.8 Å². The number of rotatable bonds is 7. The largest absolute Gasteiger partial charge is 0.481 e. The molecule has 1 aromatic carbocycles. The van der Waals surface area contributed by atoms with Crippen molar-refractivity contribution >= 4 is 28.4 Å². The summed E-state index contributed by atoms with van der Waals surface area (Å²) in [7, 11) is 0. The van der Waals surface area contributed by atoms with E-state index in [-0.39, 0.29) is 10.8 Å². The Kier molecular flexibility index (Phi) is 8.69. The molecule has 30 heavy (non-hydrogen) atoms. The molecule has 0 radical (unpaired) electrons. The summed E-state index contributed by atoms with van der Waals surface area (Å²) >= 11 is 0. The number of benzene rings is 1. The maximum atomic E-state index is 12.8. The number of aromatic nitrogens is 1. The number of hydrogen-bond donors (Lipinski definition) is 2. The molecule has 0 saturated carbocycles. The van der Waals surface area contributed by atoms with E-state index in [4.69, 9.17) is 5.11 Å². The molecule has 0 saturated heterocycles. The van der Waals surface area contributed by atoms with E-state index in [0.717, 1.165) is 16.7 Å². The van der Waals surface area contributed by atoms with Crippen LogP contribution in [-0.4, -0.2) is 40.0 Å². The maximum Gasteiger partial charge on any atom is 0.416 e.